The van der Waals surface area contributed by atoms with Gasteiger partial charge in [-0.2, -0.15) is 12.8 Å². The van der Waals surface area contributed by atoms with Gasteiger partial charge in [-0.05, 0) is 26.3 Å². The number of hydrogen-bond acceptors (Lipinski definition) is 0. The molecule has 0 aliphatic carbocycles. The average Bonchev–Trinajstić information content (AvgIpc) is 2.26. The third-order valence-corrected chi connectivity index (χ3v) is 3.71. The SMILES string of the molecule is [CH2-]CCC[N+]1=C(C)C(=C(C)C)C(C[CH2-])=CC1(C)C. The van der Waals surface area contributed by atoms with Crippen molar-refractivity contribution in [3.63, 3.8) is 0 Å². The molecule has 0 N–H and O–H groups in total. The van der Waals surface area contributed by atoms with Crippen LogP contribution in [-0.2, 0) is 0 Å². The van der Waals surface area contributed by atoms with E-state index in [-0.39, 0.29) is 5.54 Å². The van der Waals surface area contributed by atoms with Gasteiger partial charge in [-0.1, -0.05) is 11.1 Å². The first-order chi connectivity index (χ1) is 8.35. The molecule has 1 nitrogen and oxygen atoms in total. The molecule has 0 saturated carbocycles. The van der Waals surface area contributed by atoms with E-state index in [9.17, 15) is 0 Å². The number of hydrogen-bond donors (Lipinski definition) is 0. The van der Waals surface area contributed by atoms with Crippen molar-refractivity contribution in [2.45, 2.75) is 59.4 Å². The van der Waals surface area contributed by atoms with Crippen LogP contribution in [0.3, 0.4) is 0 Å². The zero-order valence-electron chi connectivity index (χ0n) is 12.8. The largest absolute Gasteiger partial charge is 0.343 e. The summed E-state index contributed by atoms with van der Waals surface area (Å²) in [5.41, 5.74) is 5.68. The predicted octanol–water partition coefficient (Wildman–Crippen LogP) is 4.35. The Morgan fingerprint density at radius 3 is 2.33 bits per heavy atom. The van der Waals surface area contributed by atoms with Gasteiger partial charge in [0.25, 0.3) is 0 Å². The fraction of sp³-hybridized carbons (Fsp3) is 0.588. The molecule has 0 amide bonds. The first-order valence-electron chi connectivity index (χ1n) is 6.94. The summed E-state index contributed by atoms with van der Waals surface area (Å²) in [4.78, 5) is 0. The second-order valence-electron chi connectivity index (χ2n) is 5.89. The van der Waals surface area contributed by atoms with Crippen molar-refractivity contribution < 1.29 is 4.58 Å². The zero-order chi connectivity index (χ0) is 13.9. The first-order valence-corrected chi connectivity index (χ1v) is 6.94. The van der Waals surface area contributed by atoms with Gasteiger partial charge in [-0.25, -0.2) is 4.58 Å². The molecule has 0 aromatic heterocycles. The van der Waals surface area contributed by atoms with Crippen molar-refractivity contribution in [1.82, 2.24) is 0 Å². The summed E-state index contributed by atoms with van der Waals surface area (Å²) in [6.07, 6.45) is 5.39. The molecule has 18 heavy (non-hydrogen) atoms. The van der Waals surface area contributed by atoms with Crippen molar-refractivity contribution in [2.24, 2.45) is 0 Å². The third-order valence-electron chi connectivity index (χ3n) is 3.71. The summed E-state index contributed by atoms with van der Waals surface area (Å²) in [6.45, 7) is 20.3. The molecule has 0 bridgehead atoms. The van der Waals surface area contributed by atoms with Crippen LogP contribution in [0.1, 0.15) is 53.9 Å². The van der Waals surface area contributed by atoms with Gasteiger partial charge in [0, 0.05) is 26.3 Å². The molecule has 0 saturated heterocycles. The third kappa shape index (κ3) is 2.93. The minimum absolute atomic E-state index is 0.0885. The maximum Gasteiger partial charge on any atom is 0.180 e. The lowest BCUT2D eigenvalue weighted by atomic mass is 9.85. The van der Waals surface area contributed by atoms with E-state index in [0.29, 0.717) is 0 Å². The molecule has 1 rings (SSSR count). The van der Waals surface area contributed by atoms with Gasteiger partial charge in [0.15, 0.2) is 11.3 Å². The van der Waals surface area contributed by atoms with Crippen LogP contribution in [0.25, 0.3) is 0 Å². The second-order valence-corrected chi connectivity index (χ2v) is 5.89. The lowest BCUT2D eigenvalue weighted by Gasteiger charge is -2.30. The minimum atomic E-state index is 0.0885. The molecule has 0 unspecified atom stereocenters. The van der Waals surface area contributed by atoms with E-state index in [4.69, 9.17) is 0 Å². The lowest BCUT2D eigenvalue weighted by Crippen LogP contribution is -2.42. The van der Waals surface area contributed by atoms with Gasteiger partial charge >= 0.3 is 0 Å². The summed E-state index contributed by atoms with van der Waals surface area (Å²) >= 11 is 0. The van der Waals surface area contributed by atoms with Crippen molar-refractivity contribution in [3.05, 3.63) is 36.6 Å². The summed E-state index contributed by atoms with van der Waals surface area (Å²) in [5, 5.41) is 0. The standard InChI is InChI=1S/C17H28N/c1-8-10-11-18-14(5)16(13(3)4)15(9-2)12-17(18,6)7/h12H,1-2,8-11H2,3-7H3/q-1. The monoisotopic (exact) mass is 246 g/mol. The smallest absolute Gasteiger partial charge is 0.180 e. The maximum absolute atomic E-state index is 4.08. The first kappa shape index (κ1) is 15.2. The van der Waals surface area contributed by atoms with E-state index < -0.39 is 0 Å². The molecule has 0 atom stereocenters. The highest BCUT2D eigenvalue weighted by Crippen LogP contribution is 2.30. The molecule has 0 aromatic rings. The second kappa shape index (κ2) is 5.86. The number of unbranched alkanes of at least 4 members (excludes halogenated alkanes) is 1. The van der Waals surface area contributed by atoms with Crippen LogP contribution in [0, 0.1) is 13.8 Å². The molecular formula is C17H28N-. The highest BCUT2D eigenvalue weighted by Gasteiger charge is 2.35. The molecule has 0 aromatic carbocycles. The number of allylic oxidation sites excluding steroid dienone is 3. The van der Waals surface area contributed by atoms with E-state index >= 15 is 0 Å². The molecule has 0 spiro atoms. The van der Waals surface area contributed by atoms with E-state index in [1.165, 1.54) is 22.4 Å². The van der Waals surface area contributed by atoms with Crippen molar-refractivity contribution in [3.8, 4) is 0 Å². The van der Waals surface area contributed by atoms with Crippen LogP contribution < -0.4 is 0 Å². The number of nitrogens with zero attached hydrogens (tertiary/aromatic N) is 1. The Kier molecular flexibility index (Phi) is 4.95. The lowest BCUT2D eigenvalue weighted by molar-refractivity contribution is -0.589. The Bertz CT molecular complexity index is 401. The van der Waals surface area contributed by atoms with E-state index in [1.807, 2.05) is 0 Å². The summed E-state index contributed by atoms with van der Waals surface area (Å²) in [5.74, 6) is 0. The van der Waals surface area contributed by atoms with E-state index in [0.717, 1.165) is 25.8 Å². The maximum atomic E-state index is 4.08. The van der Waals surface area contributed by atoms with Crippen LogP contribution in [0.15, 0.2) is 22.8 Å². The summed E-state index contributed by atoms with van der Waals surface area (Å²) < 4.78 is 2.51. The van der Waals surface area contributed by atoms with Crippen molar-refractivity contribution in [2.75, 3.05) is 6.54 Å². The van der Waals surface area contributed by atoms with E-state index in [2.05, 4.69) is 59.1 Å². The quantitative estimate of drug-likeness (QED) is 0.512. The normalized spacial score (nSPS) is 19.1. The predicted molar refractivity (Wildman–Crippen MR) is 80.9 cm³/mol. The van der Waals surface area contributed by atoms with Crippen LogP contribution in [0.4, 0.5) is 0 Å². The summed E-state index contributed by atoms with van der Waals surface area (Å²) in [7, 11) is 0. The molecule has 102 valence electrons. The Labute approximate surface area is 113 Å². The molecule has 1 aliphatic heterocycles. The fourth-order valence-electron chi connectivity index (χ4n) is 2.98. The Hall–Kier alpha value is -0.850. The highest BCUT2D eigenvalue weighted by atomic mass is 15.1. The van der Waals surface area contributed by atoms with Gasteiger partial charge in [0.1, 0.15) is 6.54 Å². The molecule has 0 fully saturated rings. The minimum Gasteiger partial charge on any atom is -0.343 e. The molecule has 1 aliphatic rings. The average molecular weight is 246 g/mol. The molecule has 1 heteroatoms. The van der Waals surface area contributed by atoms with Crippen molar-refractivity contribution in [1.29, 1.82) is 0 Å². The van der Waals surface area contributed by atoms with Gasteiger partial charge in [0.05, 0.1) is 0 Å². The Morgan fingerprint density at radius 1 is 1.28 bits per heavy atom. The molecular weight excluding hydrogens is 218 g/mol. The fourth-order valence-corrected chi connectivity index (χ4v) is 2.98. The van der Waals surface area contributed by atoms with Crippen LogP contribution in [0.5, 0.6) is 0 Å². The van der Waals surface area contributed by atoms with Crippen LogP contribution in [0.2, 0.25) is 0 Å². The topological polar surface area (TPSA) is 3.01 Å². The zero-order valence-corrected chi connectivity index (χ0v) is 12.8. The van der Waals surface area contributed by atoms with Gasteiger partial charge in [0.2, 0.25) is 0 Å². The Morgan fingerprint density at radius 2 is 1.89 bits per heavy atom. The highest BCUT2D eigenvalue weighted by molar-refractivity contribution is 6.00. The van der Waals surface area contributed by atoms with Crippen LogP contribution >= 0.6 is 0 Å². The van der Waals surface area contributed by atoms with Crippen molar-refractivity contribution >= 4 is 5.71 Å². The molecule has 0 radical (unpaired) electrons. The van der Waals surface area contributed by atoms with Crippen LogP contribution in [-0.4, -0.2) is 22.4 Å². The van der Waals surface area contributed by atoms with Gasteiger partial charge in [-0.3, -0.25) is 0 Å². The van der Waals surface area contributed by atoms with E-state index in [1.54, 1.807) is 0 Å². The number of rotatable bonds is 4. The van der Waals surface area contributed by atoms with Gasteiger partial charge in [-0.15, -0.1) is 0 Å². The Balaban J connectivity index is 3.30. The summed E-state index contributed by atoms with van der Waals surface area (Å²) in [6, 6.07) is 0. The van der Waals surface area contributed by atoms with Gasteiger partial charge < -0.3 is 13.8 Å². The molecule has 1 heterocycles.